The molecule has 106 valence electrons. The van der Waals surface area contributed by atoms with Crippen LogP contribution in [0, 0.1) is 6.92 Å². The van der Waals surface area contributed by atoms with Gasteiger partial charge in [-0.2, -0.15) is 0 Å². The highest BCUT2D eigenvalue weighted by Gasteiger charge is 2.13. The second-order valence-electron chi connectivity index (χ2n) is 4.26. The molecule has 1 aromatic heterocycles. The molecule has 0 fully saturated rings. The Morgan fingerprint density at radius 2 is 2.25 bits per heavy atom. The van der Waals surface area contributed by atoms with Crippen molar-refractivity contribution in [1.29, 1.82) is 0 Å². The summed E-state index contributed by atoms with van der Waals surface area (Å²) in [4.78, 5) is 15.8. The summed E-state index contributed by atoms with van der Waals surface area (Å²) in [5.74, 6) is 0.891. The Hall–Kier alpha value is -2.50. The number of nitrogens with zero attached hydrogens (tertiary/aromatic N) is 2. The monoisotopic (exact) mass is 275 g/mol. The van der Waals surface area contributed by atoms with E-state index in [1.165, 1.54) is 7.11 Å². The molecule has 2 rings (SSSR count). The molecule has 0 spiro atoms. The van der Waals surface area contributed by atoms with E-state index in [0.29, 0.717) is 30.2 Å². The Kier molecular flexibility index (Phi) is 4.24. The number of hydrogen-bond donors (Lipinski definition) is 1. The standard InChI is InChI=1S/C14H17N3O3/c1-10-16-5-6-17(10)7-8-20-13-9-11(15)3-4-12(13)14(18)19-2/h3-6,9H,7-8,15H2,1-2H3. The molecule has 0 saturated heterocycles. The molecule has 0 aliphatic carbocycles. The number of aromatic nitrogens is 2. The van der Waals surface area contributed by atoms with Crippen molar-refractivity contribution in [2.45, 2.75) is 13.5 Å². The van der Waals surface area contributed by atoms with Crippen molar-refractivity contribution in [3.8, 4) is 5.75 Å². The van der Waals surface area contributed by atoms with Gasteiger partial charge in [0.2, 0.25) is 0 Å². The van der Waals surface area contributed by atoms with Crippen LogP contribution in [0.2, 0.25) is 0 Å². The van der Waals surface area contributed by atoms with Crippen LogP contribution in [0.4, 0.5) is 5.69 Å². The van der Waals surface area contributed by atoms with Gasteiger partial charge in [0.25, 0.3) is 0 Å². The normalized spacial score (nSPS) is 10.3. The molecule has 6 nitrogen and oxygen atoms in total. The zero-order chi connectivity index (χ0) is 14.5. The molecule has 1 aromatic carbocycles. The first kappa shape index (κ1) is 13.9. The molecule has 0 unspecified atom stereocenters. The number of methoxy groups -OCH3 is 1. The second kappa shape index (κ2) is 6.10. The Morgan fingerprint density at radius 3 is 2.90 bits per heavy atom. The predicted molar refractivity (Wildman–Crippen MR) is 74.7 cm³/mol. The number of carbonyl (C=O) groups is 1. The topological polar surface area (TPSA) is 79.4 Å². The molecular weight excluding hydrogens is 258 g/mol. The quantitative estimate of drug-likeness (QED) is 0.663. The molecule has 0 radical (unpaired) electrons. The summed E-state index contributed by atoms with van der Waals surface area (Å²) in [7, 11) is 1.33. The Balaban J connectivity index is 2.06. The molecule has 1 heterocycles. The average molecular weight is 275 g/mol. The number of esters is 1. The number of nitrogens with two attached hydrogens (primary N) is 1. The summed E-state index contributed by atoms with van der Waals surface area (Å²) in [6.07, 6.45) is 3.61. The van der Waals surface area contributed by atoms with Gasteiger partial charge in [0.15, 0.2) is 0 Å². The van der Waals surface area contributed by atoms with E-state index >= 15 is 0 Å². The van der Waals surface area contributed by atoms with Crippen LogP contribution < -0.4 is 10.5 Å². The van der Waals surface area contributed by atoms with Gasteiger partial charge in [-0.25, -0.2) is 9.78 Å². The van der Waals surface area contributed by atoms with Gasteiger partial charge in [-0.1, -0.05) is 0 Å². The molecule has 0 amide bonds. The second-order valence-corrected chi connectivity index (χ2v) is 4.26. The number of nitrogen functional groups attached to an aromatic ring is 1. The smallest absolute Gasteiger partial charge is 0.341 e. The number of anilines is 1. The Morgan fingerprint density at radius 1 is 1.45 bits per heavy atom. The molecular formula is C14H17N3O3. The van der Waals surface area contributed by atoms with Gasteiger partial charge >= 0.3 is 5.97 Å². The van der Waals surface area contributed by atoms with Gasteiger partial charge in [-0.05, 0) is 19.1 Å². The first-order valence-corrected chi connectivity index (χ1v) is 6.20. The summed E-state index contributed by atoms with van der Waals surface area (Å²) in [6.45, 7) is 2.96. The van der Waals surface area contributed by atoms with Crippen LogP contribution in [0.15, 0.2) is 30.6 Å². The third kappa shape index (κ3) is 3.09. The van der Waals surface area contributed by atoms with Crippen molar-refractivity contribution in [2.24, 2.45) is 0 Å². The SMILES string of the molecule is COC(=O)c1ccc(N)cc1OCCn1ccnc1C. The Labute approximate surface area is 117 Å². The van der Waals surface area contributed by atoms with Crippen LogP contribution in [0.3, 0.4) is 0 Å². The highest BCUT2D eigenvalue weighted by atomic mass is 16.5. The summed E-state index contributed by atoms with van der Waals surface area (Å²) in [5, 5.41) is 0. The number of imidazole rings is 1. The summed E-state index contributed by atoms with van der Waals surface area (Å²) < 4.78 is 12.3. The molecule has 20 heavy (non-hydrogen) atoms. The van der Waals surface area contributed by atoms with Crippen molar-refractivity contribution in [3.63, 3.8) is 0 Å². The molecule has 0 saturated carbocycles. The number of hydrogen-bond acceptors (Lipinski definition) is 5. The maximum Gasteiger partial charge on any atom is 0.341 e. The molecule has 0 atom stereocenters. The fraction of sp³-hybridized carbons (Fsp3) is 0.286. The minimum absolute atomic E-state index is 0.365. The molecule has 2 aromatic rings. The molecule has 2 N–H and O–H groups in total. The van der Waals surface area contributed by atoms with Crippen LogP contribution in [0.1, 0.15) is 16.2 Å². The number of carbonyl (C=O) groups excluding carboxylic acids is 1. The number of aryl methyl sites for hydroxylation is 1. The van der Waals surface area contributed by atoms with Crippen LogP contribution >= 0.6 is 0 Å². The van der Waals surface area contributed by atoms with E-state index in [1.807, 2.05) is 17.7 Å². The largest absolute Gasteiger partial charge is 0.491 e. The van der Waals surface area contributed by atoms with Gasteiger partial charge in [-0.3, -0.25) is 0 Å². The van der Waals surface area contributed by atoms with Crippen LogP contribution in [-0.2, 0) is 11.3 Å². The zero-order valence-electron chi connectivity index (χ0n) is 11.5. The molecule has 0 aliphatic heterocycles. The fourth-order valence-corrected chi connectivity index (χ4v) is 1.83. The van der Waals surface area contributed by atoms with E-state index in [0.717, 1.165) is 5.82 Å². The lowest BCUT2D eigenvalue weighted by molar-refractivity contribution is 0.0596. The van der Waals surface area contributed by atoms with Gasteiger partial charge in [0.1, 0.15) is 23.7 Å². The van der Waals surface area contributed by atoms with Crippen molar-refractivity contribution in [3.05, 3.63) is 42.0 Å². The third-order valence-corrected chi connectivity index (χ3v) is 2.92. The van der Waals surface area contributed by atoms with Crippen LogP contribution in [0.25, 0.3) is 0 Å². The minimum atomic E-state index is -0.446. The average Bonchev–Trinajstić information content (AvgIpc) is 2.84. The molecule has 0 bridgehead atoms. The van der Waals surface area contributed by atoms with E-state index in [-0.39, 0.29) is 0 Å². The minimum Gasteiger partial charge on any atom is -0.491 e. The maximum atomic E-state index is 11.6. The summed E-state index contributed by atoms with van der Waals surface area (Å²) >= 11 is 0. The first-order valence-electron chi connectivity index (χ1n) is 6.20. The van der Waals surface area contributed by atoms with Crippen molar-refractivity contribution in [1.82, 2.24) is 9.55 Å². The highest BCUT2D eigenvalue weighted by molar-refractivity contribution is 5.93. The van der Waals surface area contributed by atoms with Gasteiger partial charge in [0.05, 0.1) is 13.7 Å². The molecule has 0 aliphatic rings. The van der Waals surface area contributed by atoms with Crippen LogP contribution in [0.5, 0.6) is 5.75 Å². The number of ether oxygens (including phenoxy) is 2. The van der Waals surface area contributed by atoms with Gasteiger partial charge in [0, 0.05) is 24.1 Å². The number of benzene rings is 1. The zero-order valence-corrected chi connectivity index (χ0v) is 11.5. The summed E-state index contributed by atoms with van der Waals surface area (Å²) in [6, 6.07) is 4.85. The first-order chi connectivity index (χ1) is 9.61. The van der Waals surface area contributed by atoms with E-state index in [4.69, 9.17) is 15.2 Å². The predicted octanol–water partition coefficient (Wildman–Crippen LogP) is 1.64. The van der Waals surface area contributed by atoms with Crippen molar-refractivity contribution >= 4 is 11.7 Å². The van der Waals surface area contributed by atoms with E-state index in [2.05, 4.69) is 4.98 Å². The fourth-order valence-electron chi connectivity index (χ4n) is 1.83. The van der Waals surface area contributed by atoms with Gasteiger partial charge < -0.3 is 19.8 Å². The third-order valence-electron chi connectivity index (χ3n) is 2.92. The Bertz CT molecular complexity index is 607. The lowest BCUT2D eigenvalue weighted by Gasteiger charge is -2.12. The van der Waals surface area contributed by atoms with Crippen molar-refractivity contribution in [2.75, 3.05) is 19.5 Å². The number of rotatable bonds is 5. The van der Waals surface area contributed by atoms with Crippen molar-refractivity contribution < 1.29 is 14.3 Å². The van der Waals surface area contributed by atoms with Gasteiger partial charge in [-0.15, -0.1) is 0 Å². The van der Waals surface area contributed by atoms with E-state index < -0.39 is 5.97 Å². The lowest BCUT2D eigenvalue weighted by Crippen LogP contribution is -2.12. The summed E-state index contributed by atoms with van der Waals surface area (Å²) in [5.41, 5.74) is 6.61. The molecule has 6 heteroatoms. The van der Waals surface area contributed by atoms with E-state index in [9.17, 15) is 4.79 Å². The lowest BCUT2D eigenvalue weighted by atomic mass is 10.2. The van der Waals surface area contributed by atoms with E-state index in [1.54, 1.807) is 24.4 Å². The highest BCUT2D eigenvalue weighted by Crippen LogP contribution is 2.22. The maximum absolute atomic E-state index is 11.6. The van der Waals surface area contributed by atoms with Crippen LogP contribution in [-0.4, -0.2) is 29.2 Å².